The smallest absolute Gasteiger partial charge is 0.289 e. The van der Waals surface area contributed by atoms with Gasteiger partial charge in [-0.25, -0.2) is 0 Å². The molecule has 12 heteroatoms. The maximum Gasteiger partial charge on any atom is 0.289 e. The molecule has 0 aromatic carbocycles. The molecule has 4 fully saturated rings. The zero-order valence-electron chi connectivity index (χ0n) is 34.8. The van der Waals surface area contributed by atoms with Crippen LogP contribution in [0.5, 0.6) is 0 Å². The summed E-state index contributed by atoms with van der Waals surface area (Å²) in [4.78, 5) is 87.2. The van der Waals surface area contributed by atoms with Crippen LogP contribution in [0, 0.1) is 27.1 Å². The van der Waals surface area contributed by atoms with Gasteiger partial charge in [0.2, 0.25) is 29.4 Å². The number of fused-ring (bicyclic) bond motifs is 1. The molecule has 0 unspecified atom stereocenters. The first-order valence-electron chi connectivity index (χ1n) is 20.3. The lowest BCUT2D eigenvalue weighted by Crippen LogP contribution is -2.63. The van der Waals surface area contributed by atoms with Crippen molar-refractivity contribution in [3.8, 4) is 0 Å². The Labute approximate surface area is 318 Å². The molecule has 300 valence electrons. The quantitative estimate of drug-likeness (QED) is 0.207. The minimum absolute atomic E-state index is 0.0247. The highest BCUT2D eigenvalue weighted by molar-refractivity contribution is 6.38. The summed E-state index contributed by atoms with van der Waals surface area (Å²) in [5.41, 5.74) is -1.77. The van der Waals surface area contributed by atoms with E-state index in [4.69, 9.17) is 0 Å². The van der Waals surface area contributed by atoms with E-state index in [1.807, 2.05) is 55.4 Å². The molecule has 2 spiro atoms. The number of piperidine rings is 1. The van der Waals surface area contributed by atoms with E-state index in [9.17, 15) is 28.8 Å². The molecular formula is C41H70N6O6. The summed E-state index contributed by atoms with van der Waals surface area (Å²) < 4.78 is 0. The highest BCUT2D eigenvalue weighted by Gasteiger charge is 2.85. The predicted octanol–water partition coefficient (Wildman–Crippen LogP) is 4.10. The molecule has 5 amide bonds. The Morgan fingerprint density at radius 3 is 1.85 bits per heavy atom. The summed E-state index contributed by atoms with van der Waals surface area (Å²) in [6, 6.07) is -4.37. The molecule has 2 saturated heterocycles. The van der Waals surface area contributed by atoms with Crippen LogP contribution in [0.25, 0.3) is 0 Å². The number of nitrogens with zero attached hydrogens (tertiary/aromatic N) is 2. The van der Waals surface area contributed by atoms with E-state index in [-0.39, 0.29) is 46.6 Å². The van der Waals surface area contributed by atoms with Gasteiger partial charge in [0.05, 0.1) is 12.1 Å². The Morgan fingerprint density at radius 2 is 1.36 bits per heavy atom. The largest absolute Gasteiger partial charge is 0.347 e. The molecule has 4 aliphatic rings. The molecule has 2 saturated carbocycles. The molecule has 53 heavy (non-hydrogen) atoms. The first-order chi connectivity index (χ1) is 24.5. The van der Waals surface area contributed by atoms with Crippen LogP contribution in [0.15, 0.2) is 0 Å². The van der Waals surface area contributed by atoms with Gasteiger partial charge in [-0.05, 0) is 87.1 Å². The van der Waals surface area contributed by atoms with E-state index in [2.05, 4.69) is 40.0 Å². The van der Waals surface area contributed by atoms with E-state index < -0.39 is 58.5 Å². The van der Waals surface area contributed by atoms with Crippen molar-refractivity contribution < 1.29 is 28.8 Å². The number of likely N-dealkylation sites (N-methyl/N-ethyl adjacent to an activating group) is 1. The van der Waals surface area contributed by atoms with Crippen LogP contribution < -0.4 is 21.3 Å². The van der Waals surface area contributed by atoms with Gasteiger partial charge in [0, 0.05) is 18.0 Å². The van der Waals surface area contributed by atoms with E-state index in [0.717, 1.165) is 51.6 Å². The van der Waals surface area contributed by atoms with Crippen LogP contribution in [0.1, 0.15) is 141 Å². The molecule has 2 aliphatic heterocycles. The van der Waals surface area contributed by atoms with Crippen molar-refractivity contribution in [2.45, 2.75) is 177 Å². The summed E-state index contributed by atoms with van der Waals surface area (Å²) in [6.45, 7) is 25.3. The molecule has 12 nitrogen and oxygen atoms in total. The summed E-state index contributed by atoms with van der Waals surface area (Å²) >= 11 is 0. The minimum atomic E-state index is -1.02. The Hall–Kier alpha value is -3.02. The summed E-state index contributed by atoms with van der Waals surface area (Å²) in [5, 5.41) is 11.7. The predicted molar refractivity (Wildman–Crippen MR) is 205 cm³/mol. The van der Waals surface area contributed by atoms with Gasteiger partial charge in [-0.1, -0.05) is 88.5 Å². The Bertz CT molecular complexity index is 1420. The molecule has 2 heterocycles. The number of rotatable bonds is 13. The van der Waals surface area contributed by atoms with Gasteiger partial charge in [0.25, 0.3) is 5.91 Å². The number of carbonyl (C=O) groups excluding carboxylic acids is 6. The van der Waals surface area contributed by atoms with Crippen molar-refractivity contribution in [3.63, 3.8) is 0 Å². The normalized spacial score (nSPS) is 26.7. The number of Topliss-reactive ketones (excluding diaryl/α,β-unsaturated/α-hetero) is 1. The zero-order chi connectivity index (χ0) is 39.9. The van der Waals surface area contributed by atoms with Gasteiger partial charge in [-0.2, -0.15) is 0 Å². The van der Waals surface area contributed by atoms with Crippen molar-refractivity contribution in [1.29, 1.82) is 0 Å². The number of hydrogen-bond acceptors (Lipinski definition) is 7. The van der Waals surface area contributed by atoms with Crippen LogP contribution in [0.3, 0.4) is 0 Å². The maximum absolute atomic E-state index is 15.0. The fourth-order valence-corrected chi connectivity index (χ4v) is 10.0. The molecule has 0 bridgehead atoms. The van der Waals surface area contributed by atoms with Crippen LogP contribution in [0.4, 0.5) is 0 Å². The average molecular weight is 743 g/mol. The number of carbonyl (C=O) groups is 6. The lowest BCUT2D eigenvalue weighted by molar-refractivity contribution is -0.146. The van der Waals surface area contributed by atoms with Crippen LogP contribution in [-0.2, 0) is 28.8 Å². The Kier molecular flexibility index (Phi) is 12.6. The molecule has 4 N–H and O–H groups in total. The fraction of sp³-hybridized carbons (Fsp3) is 0.854. The fourth-order valence-electron chi connectivity index (χ4n) is 10.0. The molecule has 0 radical (unpaired) electrons. The third-order valence-corrected chi connectivity index (χ3v) is 13.4. The number of nitrogens with one attached hydrogen (secondary N) is 4. The average Bonchev–Trinajstić information content (AvgIpc) is 3.26. The van der Waals surface area contributed by atoms with Gasteiger partial charge < -0.3 is 26.2 Å². The van der Waals surface area contributed by atoms with E-state index in [0.29, 0.717) is 19.4 Å². The third-order valence-electron chi connectivity index (χ3n) is 13.4. The van der Waals surface area contributed by atoms with Gasteiger partial charge in [-0.15, -0.1) is 0 Å². The lowest BCUT2D eigenvalue weighted by atomic mass is 9.73. The molecule has 0 aromatic rings. The summed E-state index contributed by atoms with van der Waals surface area (Å²) in [7, 11) is 0. The van der Waals surface area contributed by atoms with Gasteiger partial charge >= 0.3 is 0 Å². The highest BCUT2D eigenvalue weighted by Crippen LogP contribution is 2.88. The standard InChI is InChI=1S/C41H70N6O6/c1-13-18-26(29(48)34(51)42-25(3)4)43-33(50)28-23-41(39(11,12)40(41)20-17-21-40)24-47(28)36(53)31(38(8,9)10)45-35(52)30(37(5,6)7)44-32(49)27-19-15-16-22-46(27)14-2/h25-28,30-31H,13-24H2,1-12H3,(H,42,51)(H,43,50)(H,44,49)(H,45,52)/t26-,27-,28-,30+,31+,41+/m0/s1. The number of ketones is 1. The van der Waals surface area contributed by atoms with Crippen LogP contribution in [-0.4, -0.2) is 101 Å². The van der Waals surface area contributed by atoms with Gasteiger partial charge in [-0.3, -0.25) is 33.7 Å². The number of hydrogen-bond donors (Lipinski definition) is 4. The topological polar surface area (TPSA) is 157 Å². The maximum atomic E-state index is 15.0. The second-order valence-electron chi connectivity index (χ2n) is 19.4. The third kappa shape index (κ3) is 8.04. The van der Waals surface area contributed by atoms with E-state index in [1.165, 1.54) is 0 Å². The van der Waals surface area contributed by atoms with Gasteiger partial charge in [0.15, 0.2) is 0 Å². The van der Waals surface area contributed by atoms with E-state index >= 15 is 0 Å². The zero-order valence-corrected chi connectivity index (χ0v) is 34.8. The monoisotopic (exact) mass is 743 g/mol. The van der Waals surface area contributed by atoms with Crippen molar-refractivity contribution in [2.75, 3.05) is 19.6 Å². The first-order valence-corrected chi connectivity index (χ1v) is 20.3. The van der Waals surface area contributed by atoms with Crippen LogP contribution in [0.2, 0.25) is 0 Å². The van der Waals surface area contributed by atoms with Crippen LogP contribution >= 0.6 is 0 Å². The second-order valence-corrected chi connectivity index (χ2v) is 19.4. The minimum Gasteiger partial charge on any atom is -0.347 e. The summed E-state index contributed by atoms with van der Waals surface area (Å²) in [5.74, 6) is -2.89. The second kappa shape index (κ2) is 15.6. The Balaban J connectivity index is 1.64. The first kappa shape index (κ1) is 42.7. The molecule has 2 aliphatic carbocycles. The van der Waals surface area contributed by atoms with Crippen molar-refractivity contribution in [1.82, 2.24) is 31.1 Å². The van der Waals surface area contributed by atoms with Crippen molar-refractivity contribution in [3.05, 3.63) is 0 Å². The number of amides is 5. The van der Waals surface area contributed by atoms with Gasteiger partial charge in [0.1, 0.15) is 18.1 Å². The summed E-state index contributed by atoms with van der Waals surface area (Å²) in [6.07, 6.45) is 7.19. The molecule has 6 atom stereocenters. The highest BCUT2D eigenvalue weighted by atomic mass is 16.2. The van der Waals surface area contributed by atoms with Crippen molar-refractivity contribution >= 4 is 35.3 Å². The lowest BCUT2D eigenvalue weighted by Gasteiger charge is -2.39. The van der Waals surface area contributed by atoms with Crippen molar-refractivity contribution in [2.24, 2.45) is 27.1 Å². The molecule has 4 rings (SSSR count). The molecule has 0 aromatic heterocycles. The van der Waals surface area contributed by atoms with E-state index in [1.54, 1.807) is 18.7 Å². The number of likely N-dealkylation sites (tertiary alicyclic amines) is 2. The molecular weight excluding hydrogens is 672 g/mol. The Morgan fingerprint density at radius 1 is 0.755 bits per heavy atom. The SMILES string of the molecule is CCC[C@H](NC(=O)[C@@H]1C[C@@]2(CN1C(=O)[C@@H](NC(=O)[C@@H](NC(=O)[C@@H]1CCCCN1CC)C(C)(C)C)C(C)(C)C)C(C)(C)C21CCC1)C(=O)C(=O)NC(C)C.